The summed E-state index contributed by atoms with van der Waals surface area (Å²) >= 11 is 0. The van der Waals surface area contributed by atoms with Crippen LogP contribution >= 0.6 is 0 Å². The molecule has 5 nitrogen and oxygen atoms in total. The van der Waals surface area contributed by atoms with Crippen LogP contribution < -0.4 is 10.6 Å². The molecule has 1 unspecified atom stereocenters. The third-order valence-electron chi connectivity index (χ3n) is 4.10. The zero-order valence-corrected chi connectivity index (χ0v) is 11.7. The lowest BCUT2D eigenvalue weighted by Gasteiger charge is -2.44. The number of nitrogen functional groups attached to an aromatic ring is 1. The number of aromatic nitrogens is 1. The molecule has 1 aromatic rings. The normalized spacial score (nSPS) is 23.9. The molecule has 0 aromatic carbocycles. The van der Waals surface area contributed by atoms with E-state index >= 15 is 0 Å². The molecule has 2 saturated heterocycles. The fourth-order valence-electron chi connectivity index (χ4n) is 2.76. The molecule has 2 N–H and O–H groups in total. The maximum absolute atomic E-state index is 5.85. The van der Waals surface area contributed by atoms with Gasteiger partial charge in [-0.1, -0.05) is 0 Å². The molecule has 19 heavy (non-hydrogen) atoms. The zero-order chi connectivity index (χ0) is 13.4. The second-order valence-corrected chi connectivity index (χ2v) is 5.67. The van der Waals surface area contributed by atoms with Crippen molar-refractivity contribution in [1.82, 2.24) is 9.88 Å². The highest BCUT2D eigenvalue weighted by molar-refractivity contribution is 5.55. The molecule has 1 atom stereocenters. The van der Waals surface area contributed by atoms with Crippen LogP contribution in [0.2, 0.25) is 0 Å². The highest BCUT2D eigenvalue weighted by Gasteiger charge is 2.33. The summed E-state index contributed by atoms with van der Waals surface area (Å²) in [5.41, 5.74) is 7.05. The average Bonchev–Trinajstić information content (AvgIpc) is 2.80. The Morgan fingerprint density at radius 2 is 2.16 bits per heavy atom. The van der Waals surface area contributed by atoms with Gasteiger partial charge in [0.2, 0.25) is 0 Å². The van der Waals surface area contributed by atoms with E-state index in [1.54, 1.807) is 0 Å². The minimum Gasteiger partial charge on any atom is -0.384 e. The Bertz CT molecular complexity index is 451. The summed E-state index contributed by atoms with van der Waals surface area (Å²) in [6.45, 7) is 2.89. The van der Waals surface area contributed by atoms with Crippen LogP contribution in [0.3, 0.4) is 0 Å². The first-order valence-electron chi connectivity index (χ1n) is 6.94. The van der Waals surface area contributed by atoms with Gasteiger partial charge in [-0.2, -0.15) is 0 Å². The van der Waals surface area contributed by atoms with Crippen molar-refractivity contribution >= 4 is 11.6 Å². The van der Waals surface area contributed by atoms with E-state index < -0.39 is 0 Å². The van der Waals surface area contributed by atoms with Crippen molar-refractivity contribution in [2.75, 3.05) is 44.4 Å². The van der Waals surface area contributed by atoms with Crippen molar-refractivity contribution in [3.63, 3.8) is 0 Å². The van der Waals surface area contributed by atoms with Crippen LogP contribution in [-0.4, -0.2) is 49.7 Å². The smallest absolute Gasteiger partial charge is 0.136 e. The molecule has 0 saturated carbocycles. The molecule has 2 fully saturated rings. The van der Waals surface area contributed by atoms with Crippen LogP contribution in [0.4, 0.5) is 11.6 Å². The third-order valence-corrected chi connectivity index (χ3v) is 4.10. The number of nitrogens with two attached hydrogens (primary N) is 1. The first-order chi connectivity index (χ1) is 9.15. The summed E-state index contributed by atoms with van der Waals surface area (Å²) in [5.74, 6) is 1.61. The molecule has 0 radical (unpaired) electrons. The number of nitrogens with zero attached hydrogens (tertiary/aromatic N) is 3. The van der Waals surface area contributed by atoms with Crippen molar-refractivity contribution in [1.29, 1.82) is 0 Å². The maximum Gasteiger partial charge on any atom is 0.136 e. The lowest BCUT2D eigenvalue weighted by Crippen LogP contribution is -2.58. The molecule has 1 aromatic heterocycles. The fourth-order valence-corrected chi connectivity index (χ4v) is 2.76. The second kappa shape index (κ2) is 4.98. The Morgan fingerprint density at radius 1 is 1.37 bits per heavy atom. The van der Waals surface area contributed by atoms with E-state index in [2.05, 4.69) is 34.9 Å². The lowest BCUT2D eigenvalue weighted by atomic mass is 10.0. The van der Waals surface area contributed by atoms with E-state index in [4.69, 9.17) is 10.5 Å². The van der Waals surface area contributed by atoms with Crippen LogP contribution in [0, 0.1) is 0 Å². The summed E-state index contributed by atoms with van der Waals surface area (Å²) in [4.78, 5) is 9.10. The van der Waals surface area contributed by atoms with Gasteiger partial charge in [-0.15, -0.1) is 0 Å². The van der Waals surface area contributed by atoms with Crippen LogP contribution in [0.5, 0.6) is 0 Å². The van der Waals surface area contributed by atoms with Gasteiger partial charge in [-0.05, 0) is 39.1 Å². The zero-order valence-electron chi connectivity index (χ0n) is 11.7. The summed E-state index contributed by atoms with van der Waals surface area (Å²) in [6, 6.07) is 4.57. The van der Waals surface area contributed by atoms with E-state index in [0.29, 0.717) is 11.9 Å². The molecule has 2 aliphatic heterocycles. The van der Waals surface area contributed by atoms with Gasteiger partial charge in [-0.25, -0.2) is 4.98 Å². The molecule has 0 bridgehead atoms. The van der Waals surface area contributed by atoms with E-state index in [0.717, 1.165) is 38.4 Å². The minimum absolute atomic E-state index is 0.196. The summed E-state index contributed by atoms with van der Waals surface area (Å²) in [7, 11) is 4.24. The van der Waals surface area contributed by atoms with E-state index in [1.165, 1.54) is 5.56 Å². The monoisotopic (exact) mass is 262 g/mol. The Balaban J connectivity index is 1.81. The molecule has 0 aliphatic carbocycles. The Labute approximate surface area is 114 Å². The Morgan fingerprint density at radius 3 is 2.79 bits per heavy atom. The molecule has 2 aliphatic rings. The molecular formula is C14H22N4O. The van der Waals surface area contributed by atoms with Gasteiger partial charge in [0.05, 0.1) is 6.10 Å². The van der Waals surface area contributed by atoms with Gasteiger partial charge < -0.3 is 20.3 Å². The second-order valence-electron chi connectivity index (χ2n) is 5.67. The predicted molar refractivity (Wildman–Crippen MR) is 76.3 cm³/mol. The first-order valence-corrected chi connectivity index (χ1v) is 6.94. The van der Waals surface area contributed by atoms with Crippen molar-refractivity contribution in [2.24, 2.45) is 0 Å². The minimum atomic E-state index is 0.196. The number of likely N-dealkylation sites (N-methyl/N-ethyl adjacent to an activating group) is 1. The highest BCUT2D eigenvalue weighted by atomic mass is 16.5. The summed E-state index contributed by atoms with van der Waals surface area (Å²) in [6.07, 6.45) is 2.42. The van der Waals surface area contributed by atoms with Gasteiger partial charge in [-0.3, -0.25) is 0 Å². The van der Waals surface area contributed by atoms with E-state index in [1.807, 2.05) is 6.07 Å². The van der Waals surface area contributed by atoms with Crippen LogP contribution in [0.15, 0.2) is 12.1 Å². The molecule has 104 valence electrons. The SMILES string of the molecule is CN(C)C1CN(c2nc(N)ccc2C2CCCO2)C1. The molecule has 0 spiro atoms. The van der Waals surface area contributed by atoms with Crippen molar-refractivity contribution < 1.29 is 4.74 Å². The maximum atomic E-state index is 5.85. The molecule has 3 rings (SSSR count). The Kier molecular flexibility index (Phi) is 3.33. The van der Waals surface area contributed by atoms with E-state index in [-0.39, 0.29) is 6.10 Å². The number of pyridine rings is 1. The van der Waals surface area contributed by atoms with Crippen LogP contribution in [0.25, 0.3) is 0 Å². The molecule has 5 heteroatoms. The standard InChI is InChI=1S/C14H22N4O/c1-17(2)10-8-18(9-10)14-11(5-6-13(15)16-14)12-4-3-7-19-12/h5-6,10,12H,3-4,7-9H2,1-2H3,(H2,15,16). The lowest BCUT2D eigenvalue weighted by molar-refractivity contribution is 0.111. The molecular weight excluding hydrogens is 240 g/mol. The van der Waals surface area contributed by atoms with Gasteiger partial charge >= 0.3 is 0 Å². The third kappa shape index (κ3) is 2.40. The van der Waals surface area contributed by atoms with Crippen LogP contribution in [0.1, 0.15) is 24.5 Å². The fraction of sp³-hybridized carbons (Fsp3) is 0.643. The highest BCUT2D eigenvalue weighted by Crippen LogP contribution is 2.36. The van der Waals surface area contributed by atoms with Gasteiger partial charge in [0.25, 0.3) is 0 Å². The summed E-state index contributed by atoms with van der Waals surface area (Å²) in [5, 5.41) is 0. The number of anilines is 2. The number of ether oxygens (including phenoxy) is 1. The topological polar surface area (TPSA) is 54.6 Å². The number of hydrogen-bond donors (Lipinski definition) is 1. The number of hydrogen-bond acceptors (Lipinski definition) is 5. The van der Waals surface area contributed by atoms with Gasteiger partial charge in [0.15, 0.2) is 0 Å². The van der Waals surface area contributed by atoms with E-state index in [9.17, 15) is 0 Å². The van der Waals surface area contributed by atoms with Crippen molar-refractivity contribution in [2.45, 2.75) is 25.0 Å². The largest absolute Gasteiger partial charge is 0.384 e. The Hall–Kier alpha value is -1.33. The first kappa shape index (κ1) is 12.7. The average molecular weight is 262 g/mol. The van der Waals surface area contributed by atoms with Crippen molar-refractivity contribution in [3.05, 3.63) is 17.7 Å². The summed E-state index contributed by atoms with van der Waals surface area (Å²) < 4.78 is 5.79. The van der Waals surface area contributed by atoms with Gasteiger partial charge in [0.1, 0.15) is 11.6 Å². The quantitative estimate of drug-likeness (QED) is 0.889. The predicted octanol–water partition coefficient (Wildman–Crippen LogP) is 1.27. The van der Waals surface area contributed by atoms with Crippen molar-refractivity contribution in [3.8, 4) is 0 Å². The van der Waals surface area contributed by atoms with Gasteiger partial charge in [0, 0.05) is 31.3 Å². The molecule has 0 amide bonds. The molecule has 3 heterocycles. The number of rotatable bonds is 3. The van der Waals surface area contributed by atoms with Crippen LogP contribution in [-0.2, 0) is 4.74 Å².